The Balaban J connectivity index is 2.52. The highest BCUT2D eigenvalue weighted by molar-refractivity contribution is 7.80. The molecule has 0 aliphatic carbocycles. The molecule has 1 N–H and O–H groups in total. The standard InChI is InChI=1S/C8H10O2S/c9-6-10-5-7-1-3-8(11)4-2-7/h1-4,9,11H,5-6H2. The molecule has 0 aliphatic rings. The molecule has 60 valence electrons. The highest BCUT2D eigenvalue weighted by atomic mass is 32.1. The molecule has 1 rings (SSSR count). The van der Waals surface area contributed by atoms with Gasteiger partial charge in [-0.1, -0.05) is 12.1 Å². The van der Waals surface area contributed by atoms with Crippen LogP contribution in [-0.2, 0) is 11.3 Å². The van der Waals surface area contributed by atoms with E-state index >= 15 is 0 Å². The van der Waals surface area contributed by atoms with Gasteiger partial charge in [0.1, 0.15) is 6.79 Å². The predicted molar refractivity (Wildman–Crippen MR) is 45.6 cm³/mol. The molecule has 0 heterocycles. The molecule has 0 saturated carbocycles. The number of rotatable bonds is 3. The van der Waals surface area contributed by atoms with E-state index in [1.807, 2.05) is 24.3 Å². The van der Waals surface area contributed by atoms with Gasteiger partial charge in [0, 0.05) is 4.90 Å². The topological polar surface area (TPSA) is 29.5 Å². The van der Waals surface area contributed by atoms with Crippen molar-refractivity contribution in [2.24, 2.45) is 0 Å². The molecule has 0 fully saturated rings. The van der Waals surface area contributed by atoms with E-state index in [1.165, 1.54) is 0 Å². The lowest BCUT2D eigenvalue weighted by atomic mass is 10.2. The third kappa shape index (κ3) is 2.93. The van der Waals surface area contributed by atoms with Crippen LogP contribution in [0.1, 0.15) is 5.56 Å². The molecule has 0 bridgehead atoms. The Hall–Kier alpha value is -0.510. The Morgan fingerprint density at radius 3 is 2.45 bits per heavy atom. The second-order valence-corrected chi connectivity index (χ2v) is 2.66. The minimum Gasteiger partial charge on any atom is -0.371 e. The van der Waals surface area contributed by atoms with Gasteiger partial charge < -0.3 is 9.84 Å². The number of aliphatic hydroxyl groups excluding tert-OH is 1. The quantitative estimate of drug-likeness (QED) is 0.531. The van der Waals surface area contributed by atoms with Crippen molar-refractivity contribution in [1.29, 1.82) is 0 Å². The maximum Gasteiger partial charge on any atom is 0.144 e. The number of hydrogen-bond acceptors (Lipinski definition) is 3. The van der Waals surface area contributed by atoms with Crippen molar-refractivity contribution in [2.75, 3.05) is 6.79 Å². The third-order valence-electron chi connectivity index (χ3n) is 1.30. The van der Waals surface area contributed by atoms with E-state index in [2.05, 4.69) is 12.6 Å². The van der Waals surface area contributed by atoms with Gasteiger partial charge in [0.25, 0.3) is 0 Å². The minimum atomic E-state index is -0.234. The van der Waals surface area contributed by atoms with Gasteiger partial charge in [0.05, 0.1) is 6.61 Å². The fourth-order valence-corrected chi connectivity index (χ4v) is 0.905. The molecule has 0 aliphatic heterocycles. The zero-order chi connectivity index (χ0) is 8.10. The number of benzene rings is 1. The Bertz CT molecular complexity index is 208. The smallest absolute Gasteiger partial charge is 0.144 e. The van der Waals surface area contributed by atoms with Gasteiger partial charge in [-0.2, -0.15) is 0 Å². The molecule has 0 aromatic heterocycles. The lowest BCUT2D eigenvalue weighted by Crippen LogP contribution is -1.92. The molecule has 1 aromatic carbocycles. The van der Waals surface area contributed by atoms with Crippen molar-refractivity contribution >= 4 is 12.6 Å². The van der Waals surface area contributed by atoms with Crippen LogP contribution in [0.5, 0.6) is 0 Å². The van der Waals surface area contributed by atoms with E-state index in [4.69, 9.17) is 9.84 Å². The van der Waals surface area contributed by atoms with Crippen LogP contribution in [0, 0.1) is 0 Å². The van der Waals surface area contributed by atoms with Crippen molar-refractivity contribution in [3.8, 4) is 0 Å². The maximum absolute atomic E-state index is 8.34. The Morgan fingerprint density at radius 1 is 1.27 bits per heavy atom. The average Bonchev–Trinajstić information content (AvgIpc) is 2.04. The van der Waals surface area contributed by atoms with E-state index in [9.17, 15) is 0 Å². The van der Waals surface area contributed by atoms with Gasteiger partial charge in [0.15, 0.2) is 0 Å². The number of thiol groups is 1. The fourth-order valence-electron chi connectivity index (χ4n) is 0.756. The van der Waals surface area contributed by atoms with Crippen LogP contribution in [0.15, 0.2) is 29.2 Å². The summed E-state index contributed by atoms with van der Waals surface area (Å²) in [7, 11) is 0. The SMILES string of the molecule is OCOCc1ccc(S)cc1. The van der Waals surface area contributed by atoms with Gasteiger partial charge in [0.2, 0.25) is 0 Å². The summed E-state index contributed by atoms with van der Waals surface area (Å²) in [5.74, 6) is 0. The maximum atomic E-state index is 8.34. The van der Waals surface area contributed by atoms with Gasteiger partial charge in [-0.25, -0.2) is 0 Å². The van der Waals surface area contributed by atoms with Gasteiger partial charge >= 0.3 is 0 Å². The average molecular weight is 170 g/mol. The largest absolute Gasteiger partial charge is 0.371 e. The molecule has 0 unspecified atom stereocenters. The van der Waals surface area contributed by atoms with Gasteiger partial charge in [-0.3, -0.25) is 0 Å². The molecule has 3 heteroatoms. The molecule has 0 amide bonds. The van der Waals surface area contributed by atoms with E-state index < -0.39 is 0 Å². The lowest BCUT2D eigenvalue weighted by molar-refractivity contribution is -0.0112. The molecule has 0 radical (unpaired) electrons. The van der Waals surface area contributed by atoms with Crippen molar-refractivity contribution in [2.45, 2.75) is 11.5 Å². The van der Waals surface area contributed by atoms with Crippen molar-refractivity contribution in [3.05, 3.63) is 29.8 Å². The zero-order valence-electron chi connectivity index (χ0n) is 6.03. The van der Waals surface area contributed by atoms with Crippen LogP contribution in [0.25, 0.3) is 0 Å². The summed E-state index contributed by atoms with van der Waals surface area (Å²) in [5.41, 5.74) is 1.04. The molecule has 2 nitrogen and oxygen atoms in total. The van der Waals surface area contributed by atoms with E-state index in [0.717, 1.165) is 10.5 Å². The summed E-state index contributed by atoms with van der Waals surface area (Å²) in [5, 5.41) is 8.34. The van der Waals surface area contributed by atoms with E-state index in [1.54, 1.807) is 0 Å². The first-order valence-corrected chi connectivity index (χ1v) is 3.74. The summed E-state index contributed by atoms with van der Waals surface area (Å²) in [6.45, 7) is 0.215. The van der Waals surface area contributed by atoms with Crippen LogP contribution >= 0.6 is 12.6 Å². The number of aliphatic hydroxyl groups is 1. The molecule has 11 heavy (non-hydrogen) atoms. The molecular weight excluding hydrogens is 160 g/mol. The summed E-state index contributed by atoms with van der Waals surface area (Å²) < 4.78 is 4.79. The Labute approximate surface area is 71.2 Å². The molecule has 1 aromatic rings. The number of ether oxygens (including phenoxy) is 1. The van der Waals surface area contributed by atoms with Crippen LogP contribution < -0.4 is 0 Å². The van der Waals surface area contributed by atoms with E-state index in [0.29, 0.717) is 6.61 Å². The van der Waals surface area contributed by atoms with Crippen LogP contribution in [-0.4, -0.2) is 11.9 Å². The Kier molecular flexibility index (Phi) is 3.42. The normalized spacial score (nSPS) is 10.0. The number of hydrogen-bond donors (Lipinski definition) is 2. The summed E-state index contributed by atoms with van der Waals surface area (Å²) in [6, 6.07) is 7.61. The molecule has 0 saturated heterocycles. The highest BCUT2D eigenvalue weighted by Crippen LogP contribution is 2.08. The first-order valence-electron chi connectivity index (χ1n) is 3.29. The predicted octanol–water partition coefficient (Wildman–Crippen LogP) is 1.44. The third-order valence-corrected chi connectivity index (χ3v) is 1.59. The van der Waals surface area contributed by atoms with Crippen molar-refractivity contribution in [1.82, 2.24) is 0 Å². The van der Waals surface area contributed by atoms with Gasteiger partial charge in [-0.05, 0) is 17.7 Å². The highest BCUT2D eigenvalue weighted by Gasteiger charge is 1.90. The van der Waals surface area contributed by atoms with E-state index in [-0.39, 0.29) is 6.79 Å². The van der Waals surface area contributed by atoms with Gasteiger partial charge in [-0.15, -0.1) is 12.6 Å². The summed E-state index contributed by atoms with van der Waals surface area (Å²) in [4.78, 5) is 0.928. The first-order chi connectivity index (χ1) is 5.33. The second kappa shape index (κ2) is 4.38. The molecular formula is C8H10O2S. The minimum absolute atomic E-state index is 0.234. The van der Waals surface area contributed by atoms with Crippen LogP contribution in [0.2, 0.25) is 0 Å². The summed E-state index contributed by atoms with van der Waals surface area (Å²) in [6.07, 6.45) is 0. The fraction of sp³-hybridized carbons (Fsp3) is 0.250. The van der Waals surface area contributed by atoms with Crippen molar-refractivity contribution in [3.63, 3.8) is 0 Å². The molecule has 0 spiro atoms. The first kappa shape index (κ1) is 8.59. The molecule has 0 atom stereocenters. The summed E-state index contributed by atoms with van der Waals surface area (Å²) >= 11 is 4.13. The lowest BCUT2D eigenvalue weighted by Gasteiger charge is -1.99. The van der Waals surface area contributed by atoms with Crippen LogP contribution in [0.4, 0.5) is 0 Å². The van der Waals surface area contributed by atoms with Crippen LogP contribution in [0.3, 0.4) is 0 Å². The Morgan fingerprint density at radius 2 is 1.91 bits per heavy atom. The monoisotopic (exact) mass is 170 g/mol. The second-order valence-electron chi connectivity index (χ2n) is 2.14. The zero-order valence-corrected chi connectivity index (χ0v) is 6.92. The van der Waals surface area contributed by atoms with Crippen molar-refractivity contribution < 1.29 is 9.84 Å².